The molecule has 0 bridgehead atoms. The molecule has 2 saturated carbocycles. The van der Waals surface area contributed by atoms with Crippen LogP contribution < -0.4 is 31.9 Å². The van der Waals surface area contributed by atoms with Gasteiger partial charge in [0.25, 0.3) is 0 Å². The molecule has 6 N–H and O–H groups in total. The number of nitrogens with one attached hydrogen (secondary N) is 6. The van der Waals surface area contributed by atoms with E-state index in [2.05, 4.69) is 99.5 Å². The highest BCUT2D eigenvalue weighted by atomic mass is 16.2. The summed E-state index contributed by atoms with van der Waals surface area (Å²) in [6.45, 7) is 7.52. The summed E-state index contributed by atoms with van der Waals surface area (Å²) in [6.07, 6.45) is 12.6. The van der Waals surface area contributed by atoms with Gasteiger partial charge in [0.2, 0.25) is 23.7 Å². The molecule has 0 aliphatic heterocycles. The Bertz CT molecular complexity index is 2080. The third kappa shape index (κ3) is 12.1. The minimum atomic E-state index is 0.0262. The molecule has 0 radical (unpaired) electrons. The van der Waals surface area contributed by atoms with E-state index in [0.29, 0.717) is 50.3 Å². The Balaban J connectivity index is 0.000000181. The van der Waals surface area contributed by atoms with Gasteiger partial charge in [-0.25, -0.2) is 9.97 Å². The predicted octanol–water partition coefficient (Wildman–Crippen LogP) is 5.86. The maximum absolute atomic E-state index is 11.0. The molecule has 4 heterocycles. The third-order valence-corrected chi connectivity index (χ3v) is 11.4. The molecule has 0 saturated heterocycles. The number of carbonyl (C=O) groups is 2. The predicted molar refractivity (Wildman–Crippen MR) is 239 cm³/mol. The number of anilines is 2. The normalized spacial score (nSPS) is 19.0. The van der Waals surface area contributed by atoms with Crippen LogP contribution in [0, 0.1) is 0 Å². The molecule has 14 nitrogen and oxygen atoms in total. The number of amides is 2. The number of aromatic nitrogens is 6. The standard InChI is InChI=1S/2C23H30N6O/c2*1-17(30)24-14-15-26-18-9-11-19(12-10-18)27-23-28-21-7-2-3-8-22(21)29(23)16-20-6-4-5-13-25-20/h2*2-8,13,18-19,26H,9-12,14-16H2,1H3,(H,24,30)(H,27,28). The fourth-order valence-electron chi connectivity index (χ4n) is 8.28. The van der Waals surface area contributed by atoms with Gasteiger partial charge in [-0.3, -0.25) is 19.6 Å². The van der Waals surface area contributed by atoms with E-state index < -0.39 is 0 Å². The first-order valence-electron chi connectivity index (χ1n) is 21.6. The van der Waals surface area contributed by atoms with E-state index in [1.54, 1.807) is 13.8 Å². The average Bonchev–Trinajstić information content (AvgIpc) is 3.79. The number of fused-ring (bicyclic) bond motifs is 2. The first kappa shape index (κ1) is 42.3. The van der Waals surface area contributed by atoms with Crippen molar-refractivity contribution in [1.82, 2.24) is 50.3 Å². The molecule has 2 fully saturated rings. The Morgan fingerprint density at radius 3 is 1.28 bits per heavy atom. The molecular formula is C46H60N12O2. The fourth-order valence-corrected chi connectivity index (χ4v) is 8.28. The lowest BCUT2D eigenvalue weighted by molar-refractivity contribution is -0.119. The Hall–Kier alpha value is -5.86. The molecule has 2 aromatic carbocycles. The lowest BCUT2D eigenvalue weighted by atomic mass is 9.91. The van der Waals surface area contributed by atoms with E-state index in [1.807, 2.05) is 48.8 Å². The molecule has 14 heteroatoms. The van der Waals surface area contributed by atoms with Crippen molar-refractivity contribution in [2.24, 2.45) is 0 Å². The molecule has 60 heavy (non-hydrogen) atoms. The highest BCUT2D eigenvalue weighted by molar-refractivity contribution is 5.79. The summed E-state index contributed by atoms with van der Waals surface area (Å²) in [5.41, 5.74) is 6.30. The highest BCUT2D eigenvalue weighted by Gasteiger charge is 2.24. The Morgan fingerprint density at radius 1 is 0.517 bits per heavy atom. The summed E-state index contributed by atoms with van der Waals surface area (Å²) in [7, 11) is 0. The van der Waals surface area contributed by atoms with Gasteiger partial charge in [-0.1, -0.05) is 36.4 Å². The van der Waals surface area contributed by atoms with Crippen molar-refractivity contribution < 1.29 is 9.59 Å². The van der Waals surface area contributed by atoms with Gasteiger partial charge in [-0.15, -0.1) is 0 Å². The summed E-state index contributed by atoms with van der Waals surface area (Å²) in [5.74, 6) is 1.89. The van der Waals surface area contributed by atoms with Gasteiger partial charge in [0, 0.05) is 76.6 Å². The van der Waals surface area contributed by atoms with Crippen LogP contribution in [0.2, 0.25) is 0 Å². The average molecular weight is 813 g/mol. The highest BCUT2D eigenvalue weighted by Crippen LogP contribution is 2.27. The number of pyridine rings is 2. The van der Waals surface area contributed by atoms with Gasteiger partial charge in [0.15, 0.2) is 0 Å². The molecule has 4 aromatic heterocycles. The van der Waals surface area contributed by atoms with Crippen molar-refractivity contribution >= 4 is 45.8 Å². The van der Waals surface area contributed by atoms with Crippen LogP contribution in [0.25, 0.3) is 22.1 Å². The summed E-state index contributed by atoms with van der Waals surface area (Å²) < 4.78 is 4.46. The largest absolute Gasteiger partial charge is 0.355 e. The fraction of sp³-hybridized carbons (Fsp3) is 0.435. The van der Waals surface area contributed by atoms with Crippen LogP contribution in [0.15, 0.2) is 97.3 Å². The summed E-state index contributed by atoms with van der Waals surface area (Å²) in [6, 6.07) is 30.4. The van der Waals surface area contributed by atoms with Crippen LogP contribution in [0.4, 0.5) is 11.9 Å². The second-order valence-electron chi connectivity index (χ2n) is 15.9. The van der Waals surface area contributed by atoms with E-state index >= 15 is 0 Å². The number of para-hydroxylation sites is 4. The minimum Gasteiger partial charge on any atom is -0.355 e. The molecule has 0 atom stereocenters. The van der Waals surface area contributed by atoms with Crippen molar-refractivity contribution in [3.05, 3.63) is 109 Å². The van der Waals surface area contributed by atoms with Gasteiger partial charge < -0.3 is 41.0 Å². The molecule has 0 unspecified atom stereocenters. The Labute approximate surface area is 352 Å². The zero-order valence-electron chi connectivity index (χ0n) is 34.9. The van der Waals surface area contributed by atoms with E-state index in [4.69, 9.17) is 9.97 Å². The van der Waals surface area contributed by atoms with Crippen LogP contribution in [0.3, 0.4) is 0 Å². The maximum Gasteiger partial charge on any atom is 0.216 e. The molecule has 8 rings (SSSR count). The quantitative estimate of drug-likeness (QED) is 0.0653. The van der Waals surface area contributed by atoms with E-state index in [9.17, 15) is 9.59 Å². The monoisotopic (exact) mass is 812 g/mol. The lowest BCUT2D eigenvalue weighted by Gasteiger charge is -2.30. The molecule has 6 aromatic rings. The van der Waals surface area contributed by atoms with Gasteiger partial charge in [-0.05, 0) is 99.9 Å². The zero-order chi connectivity index (χ0) is 41.5. The smallest absolute Gasteiger partial charge is 0.216 e. The minimum absolute atomic E-state index is 0.0262. The van der Waals surface area contributed by atoms with Crippen LogP contribution in [0.1, 0.15) is 76.6 Å². The van der Waals surface area contributed by atoms with Gasteiger partial charge >= 0.3 is 0 Å². The SMILES string of the molecule is CC(=O)NCCNC1CCC(Nc2nc3ccccc3n2Cc2ccccn2)CC1.CC(=O)NCCNC1CCC(Nc2nc3ccccc3n2Cc2ccccn2)CC1. The van der Waals surface area contributed by atoms with Gasteiger partial charge in [0.05, 0.1) is 46.5 Å². The third-order valence-electron chi connectivity index (χ3n) is 11.4. The van der Waals surface area contributed by atoms with Crippen molar-refractivity contribution in [3.8, 4) is 0 Å². The van der Waals surface area contributed by atoms with Crippen molar-refractivity contribution in [1.29, 1.82) is 0 Å². The molecule has 0 spiro atoms. The molecular weight excluding hydrogens is 753 g/mol. The zero-order valence-corrected chi connectivity index (χ0v) is 34.9. The van der Waals surface area contributed by atoms with E-state index in [0.717, 1.165) is 110 Å². The van der Waals surface area contributed by atoms with Crippen molar-refractivity contribution in [2.75, 3.05) is 36.8 Å². The van der Waals surface area contributed by atoms with Crippen molar-refractivity contribution in [3.63, 3.8) is 0 Å². The number of benzene rings is 2. The van der Waals surface area contributed by atoms with Crippen LogP contribution in [0.5, 0.6) is 0 Å². The molecule has 316 valence electrons. The van der Waals surface area contributed by atoms with Gasteiger partial charge in [0.1, 0.15) is 0 Å². The van der Waals surface area contributed by atoms with Gasteiger partial charge in [-0.2, -0.15) is 0 Å². The number of rotatable bonds is 16. The summed E-state index contributed by atoms with van der Waals surface area (Å²) >= 11 is 0. The second kappa shape index (κ2) is 21.4. The number of nitrogens with zero attached hydrogens (tertiary/aromatic N) is 6. The molecule has 2 amide bonds. The first-order valence-corrected chi connectivity index (χ1v) is 21.6. The van der Waals surface area contributed by atoms with Crippen LogP contribution >= 0.6 is 0 Å². The van der Waals surface area contributed by atoms with Crippen molar-refractivity contribution in [2.45, 2.75) is 102 Å². The van der Waals surface area contributed by atoms with E-state index in [-0.39, 0.29) is 11.8 Å². The number of hydrogen-bond acceptors (Lipinski definition) is 10. The van der Waals surface area contributed by atoms with E-state index in [1.165, 1.54) is 0 Å². The lowest BCUT2D eigenvalue weighted by Crippen LogP contribution is -2.40. The number of carbonyl (C=O) groups excluding carboxylic acids is 2. The second-order valence-corrected chi connectivity index (χ2v) is 15.9. The maximum atomic E-state index is 11.0. The van der Waals surface area contributed by atoms with Crippen LogP contribution in [-0.2, 0) is 22.7 Å². The summed E-state index contributed by atoms with van der Waals surface area (Å²) in [5, 5.41) is 20.2. The molecule has 2 aliphatic carbocycles. The topological polar surface area (TPSA) is 168 Å². The van der Waals surface area contributed by atoms with Crippen LogP contribution in [-0.4, -0.2) is 91.2 Å². The number of hydrogen-bond donors (Lipinski definition) is 6. The Morgan fingerprint density at radius 2 is 0.900 bits per heavy atom. The molecule has 2 aliphatic rings. The first-order chi connectivity index (χ1) is 29.4. The summed E-state index contributed by atoms with van der Waals surface area (Å²) in [4.78, 5) is 40.6. The number of imidazole rings is 2. The Kier molecular flexibility index (Phi) is 15.1.